The minimum Gasteiger partial charge on any atom is -0.497 e. The van der Waals surface area contributed by atoms with Crippen molar-refractivity contribution in [3.05, 3.63) is 69.4 Å². The smallest absolute Gasteiger partial charge is 0.275 e. The third-order valence-electron chi connectivity index (χ3n) is 7.13. The van der Waals surface area contributed by atoms with Gasteiger partial charge < -0.3 is 19.1 Å². The Morgan fingerprint density at radius 2 is 1.74 bits per heavy atom. The lowest BCUT2D eigenvalue weighted by Gasteiger charge is -2.30. The molecule has 0 N–H and O–H groups in total. The second kappa shape index (κ2) is 11.8. The van der Waals surface area contributed by atoms with Gasteiger partial charge in [-0.3, -0.25) is 9.69 Å². The van der Waals surface area contributed by atoms with Gasteiger partial charge in [-0.15, -0.1) is 4.91 Å². The minimum atomic E-state index is -0.263. The van der Waals surface area contributed by atoms with Gasteiger partial charge in [0.05, 0.1) is 39.2 Å². The van der Waals surface area contributed by atoms with Crippen molar-refractivity contribution >= 4 is 11.4 Å². The van der Waals surface area contributed by atoms with Gasteiger partial charge in [-0.05, 0) is 47.5 Å². The van der Waals surface area contributed by atoms with E-state index in [9.17, 15) is 9.70 Å². The predicted octanol–water partition coefficient (Wildman–Crippen LogP) is 3.58. The lowest BCUT2D eigenvalue weighted by atomic mass is 9.99. The summed E-state index contributed by atoms with van der Waals surface area (Å²) in [5, 5.41) is 7.98. The molecule has 1 aromatic heterocycles. The topological polar surface area (TPSA) is 98.5 Å². The van der Waals surface area contributed by atoms with Crippen molar-refractivity contribution < 1.29 is 14.2 Å². The fraction of sp³-hybridized carbons (Fsp3) is 0.429. The molecule has 1 unspecified atom stereocenters. The third-order valence-corrected chi connectivity index (χ3v) is 7.13. The molecule has 3 aromatic rings. The van der Waals surface area contributed by atoms with E-state index in [4.69, 9.17) is 19.3 Å². The van der Waals surface area contributed by atoms with E-state index in [1.807, 2.05) is 42.5 Å². The number of rotatable bonds is 8. The molecule has 38 heavy (non-hydrogen) atoms. The summed E-state index contributed by atoms with van der Waals surface area (Å²) in [6, 6.07) is 14.7. The molecule has 2 saturated heterocycles. The van der Waals surface area contributed by atoms with Crippen LogP contribution in [0.1, 0.15) is 18.4 Å². The summed E-state index contributed by atoms with van der Waals surface area (Å²) in [6.45, 7) is 8.48. The summed E-state index contributed by atoms with van der Waals surface area (Å²) in [5.41, 5.74) is 3.19. The first kappa shape index (κ1) is 26.0. The Bertz CT molecular complexity index is 1330. The number of anilines is 1. The zero-order chi connectivity index (χ0) is 26.5. The molecule has 10 nitrogen and oxygen atoms in total. The van der Waals surface area contributed by atoms with E-state index < -0.39 is 0 Å². The normalized spacial score (nSPS) is 17.3. The SMILES string of the molecule is COc1cccc(-c2cc(C(C)CN3CCOCC3)c(=O)n(-c3cc(N4CCOCC4)ccc3N=O)n2)c1. The first-order chi connectivity index (χ1) is 18.6. The number of nitroso groups, excluding NO2 is 1. The molecule has 0 saturated carbocycles. The Balaban J connectivity index is 1.63. The van der Waals surface area contributed by atoms with Crippen LogP contribution in [0.25, 0.3) is 16.9 Å². The Morgan fingerprint density at radius 3 is 2.45 bits per heavy atom. The van der Waals surface area contributed by atoms with Gasteiger partial charge in [0.2, 0.25) is 0 Å². The molecule has 5 rings (SSSR count). The van der Waals surface area contributed by atoms with Gasteiger partial charge in [0.1, 0.15) is 17.1 Å². The summed E-state index contributed by atoms with van der Waals surface area (Å²) < 4.78 is 17.7. The number of hydrogen-bond donors (Lipinski definition) is 0. The molecule has 200 valence electrons. The maximum Gasteiger partial charge on any atom is 0.275 e. The summed E-state index contributed by atoms with van der Waals surface area (Å²) in [5.74, 6) is 0.615. The fourth-order valence-corrected chi connectivity index (χ4v) is 5.00. The standard InChI is InChI=1S/C28H33N5O5/c1-20(19-31-8-12-37-13-9-31)24-18-26(21-4-3-5-23(16-21)36-2)29-33(28(24)34)27-17-22(6-7-25(27)30-35)32-10-14-38-15-11-32/h3-7,16-18,20H,8-15,19H2,1-2H3. The Kier molecular flexibility index (Phi) is 8.11. The molecule has 2 aromatic carbocycles. The van der Waals surface area contributed by atoms with Crippen LogP contribution in [0.15, 0.2) is 58.5 Å². The third kappa shape index (κ3) is 5.62. The summed E-state index contributed by atoms with van der Waals surface area (Å²) >= 11 is 0. The maximum absolute atomic E-state index is 14.0. The highest BCUT2D eigenvalue weighted by molar-refractivity contribution is 5.67. The van der Waals surface area contributed by atoms with Gasteiger partial charge in [-0.25, -0.2) is 0 Å². The lowest BCUT2D eigenvalue weighted by Crippen LogP contribution is -2.39. The number of benzene rings is 2. The molecule has 0 spiro atoms. The van der Waals surface area contributed by atoms with Gasteiger partial charge in [-0.1, -0.05) is 19.1 Å². The molecule has 10 heteroatoms. The van der Waals surface area contributed by atoms with Crippen molar-refractivity contribution in [1.82, 2.24) is 14.7 Å². The number of aromatic nitrogens is 2. The first-order valence-electron chi connectivity index (χ1n) is 13.0. The highest BCUT2D eigenvalue weighted by atomic mass is 16.5. The number of ether oxygens (including phenoxy) is 3. The summed E-state index contributed by atoms with van der Waals surface area (Å²) in [7, 11) is 1.61. The Hall–Kier alpha value is -3.60. The molecule has 3 heterocycles. The average Bonchev–Trinajstić information content (AvgIpc) is 2.98. The first-order valence-corrected chi connectivity index (χ1v) is 13.0. The molecule has 1 atom stereocenters. The highest BCUT2D eigenvalue weighted by Crippen LogP contribution is 2.30. The van der Waals surface area contributed by atoms with Crippen molar-refractivity contribution in [2.24, 2.45) is 5.18 Å². The van der Waals surface area contributed by atoms with Crippen LogP contribution in [0.2, 0.25) is 0 Å². The van der Waals surface area contributed by atoms with Gasteiger partial charge in [0.25, 0.3) is 5.56 Å². The van der Waals surface area contributed by atoms with Crippen molar-refractivity contribution in [3.8, 4) is 22.7 Å². The summed E-state index contributed by atoms with van der Waals surface area (Å²) in [6.07, 6.45) is 0. The maximum atomic E-state index is 14.0. The van der Waals surface area contributed by atoms with Crippen LogP contribution >= 0.6 is 0 Å². The zero-order valence-electron chi connectivity index (χ0n) is 21.8. The monoisotopic (exact) mass is 519 g/mol. The van der Waals surface area contributed by atoms with Crippen LogP contribution in [0, 0.1) is 4.91 Å². The van der Waals surface area contributed by atoms with E-state index in [2.05, 4.69) is 21.9 Å². The number of methoxy groups -OCH3 is 1. The highest BCUT2D eigenvalue weighted by Gasteiger charge is 2.23. The Morgan fingerprint density at radius 1 is 1.00 bits per heavy atom. The molecule has 0 bridgehead atoms. The van der Waals surface area contributed by atoms with Crippen molar-refractivity contribution in [2.75, 3.05) is 71.2 Å². The van der Waals surface area contributed by atoms with Crippen molar-refractivity contribution in [2.45, 2.75) is 12.8 Å². The lowest BCUT2D eigenvalue weighted by molar-refractivity contribution is 0.0357. The van der Waals surface area contributed by atoms with Crippen molar-refractivity contribution in [1.29, 1.82) is 0 Å². The van der Waals surface area contributed by atoms with Gasteiger partial charge in [0, 0.05) is 49.5 Å². The van der Waals surface area contributed by atoms with E-state index in [0.717, 1.165) is 37.4 Å². The van der Waals surface area contributed by atoms with E-state index in [-0.39, 0.29) is 17.2 Å². The van der Waals surface area contributed by atoms with Crippen LogP contribution in [0.4, 0.5) is 11.4 Å². The Labute approximate surface area is 221 Å². The van der Waals surface area contributed by atoms with Gasteiger partial charge in [-0.2, -0.15) is 9.78 Å². The van der Waals surface area contributed by atoms with Crippen LogP contribution in [0.5, 0.6) is 5.75 Å². The quantitative estimate of drug-likeness (QED) is 0.417. The van der Waals surface area contributed by atoms with Gasteiger partial charge >= 0.3 is 0 Å². The second-order valence-corrected chi connectivity index (χ2v) is 9.61. The predicted molar refractivity (Wildman–Crippen MR) is 146 cm³/mol. The van der Waals surface area contributed by atoms with Crippen molar-refractivity contribution in [3.63, 3.8) is 0 Å². The van der Waals surface area contributed by atoms with Crippen LogP contribution in [-0.4, -0.2) is 80.9 Å². The molecule has 2 fully saturated rings. The van der Waals surface area contributed by atoms with Crippen LogP contribution in [0.3, 0.4) is 0 Å². The molecule has 0 aliphatic carbocycles. The molecular formula is C28H33N5O5. The van der Waals surface area contributed by atoms with Crippen LogP contribution < -0.4 is 15.2 Å². The number of hydrogen-bond acceptors (Lipinski definition) is 9. The fourth-order valence-electron chi connectivity index (χ4n) is 5.00. The molecular weight excluding hydrogens is 486 g/mol. The second-order valence-electron chi connectivity index (χ2n) is 9.61. The molecule has 0 amide bonds. The van der Waals surface area contributed by atoms with E-state index in [0.29, 0.717) is 55.7 Å². The van der Waals surface area contributed by atoms with E-state index in [1.54, 1.807) is 13.2 Å². The van der Waals surface area contributed by atoms with Crippen LogP contribution in [-0.2, 0) is 9.47 Å². The number of nitrogens with zero attached hydrogens (tertiary/aromatic N) is 5. The molecule has 0 radical (unpaired) electrons. The average molecular weight is 520 g/mol. The van der Waals surface area contributed by atoms with Gasteiger partial charge in [0.15, 0.2) is 0 Å². The minimum absolute atomic E-state index is 0.0747. The van der Waals surface area contributed by atoms with E-state index in [1.165, 1.54) is 4.68 Å². The number of morpholine rings is 2. The molecule has 2 aliphatic heterocycles. The zero-order valence-corrected chi connectivity index (χ0v) is 21.8. The summed E-state index contributed by atoms with van der Waals surface area (Å²) in [4.78, 5) is 30.3. The largest absolute Gasteiger partial charge is 0.497 e. The molecule has 2 aliphatic rings. The van der Waals surface area contributed by atoms with E-state index >= 15 is 0 Å².